The Labute approximate surface area is 140 Å². The molecule has 1 aromatic heterocycles. The molecule has 1 aromatic rings. The Bertz CT molecular complexity index is 684. The zero-order valence-corrected chi connectivity index (χ0v) is 14.6. The second-order valence-corrected chi connectivity index (χ2v) is 7.81. The average Bonchev–Trinajstić information content (AvgIpc) is 2.96. The van der Waals surface area contributed by atoms with Crippen molar-refractivity contribution in [2.24, 2.45) is 5.41 Å². The Morgan fingerprint density at radius 3 is 2.46 bits per heavy atom. The number of fused-ring (bicyclic) bond motifs is 1. The van der Waals surface area contributed by atoms with E-state index in [2.05, 4.69) is 15.6 Å². The molecule has 2 heterocycles. The molecule has 1 aliphatic heterocycles. The van der Waals surface area contributed by atoms with Crippen LogP contribution in [0.3, 0.4) is 0 Å². The van der Waals surface area contributed by atoms with Gasteiger partial charge in [-0.3, -0.25) is 4.79 Å². The normalized spacial score (nSPS) is 42.2. The number of amides is 1. The summed E-state index contributed by atoms with van der Waals surface area (Å²) >= 11 is 0. The molecular weight excluding hydrogens is 312 g/mol. The number of anilines is 1. The zero-order chi connectivity index (χ0) is 18.0. The van der Waals surface area contributed by atoms with E-state index in [4.69, 9.17) is 0 Å². The highest BCUT2D eigenvalue weighted by molar-refractivity contribution is 5.98. The molecule has 3 rings (SSSR count). The van der Waals surface area contributed by atoms with Crippen LogP contribution in [0.4, 0.5) is 5.82 Å². The second kappa shape index (κ2) is 4.93. The Morgan fingerprint density at radius 1 is 1.17 bits per heavy atom. The van der Waals surface area contributed by atoms with Gasteiger partial charge in [0.25, 0.3) is 5.91 Å². The van der Waals surface area contributed by atoms with E-state index in [1.807, 2.05) is 6.92 Å². The first kappa shape index (κ1) is 17.2. The second-order valence-electron chi connectivity index (χ2n) is 7.81. The molecule has 0 radical (unpaired) electrons. The number of hydrogen-bond donors (Lipinski definition) is 5. The van der Waals surface area contributed by atoms with Crippen LogP contribution in [0.2, 0.25) is 0 Å². The number of carbonyl (C=O) groups is 1. The molecule has 134 valence electrons. The monoisotopic (exact) mass is 338 g/mol. The third kappa shape index (κ3) is 1.84. The van der Waals surface area contributed by atoms with E-state index in [0.717, 1.165) is 0 Å². The van der Waals surface area contributed by atoms with Crippen molar-refractivity contribution in [3.05, 3.63) is 12.0 Å². The van der Waals surface area contributed by atoms with Crippen molar-refractivity contribution >= 4 is 11.7 Å². The molecule has 1 amide bonds. The number of nitrogens with one attached hydrogen (secondary N) is 2. The average molecular weight is 338 g/mol. The Morgan fingerprint density at radius 2 is 1.83 bits per heavy atom. The molecule has 8 heteroatoms. The molecule has 0 bridgehead atoms. The first-order valence-corrected chi connectivity index (χ1v) is 8.17. The lowest BCUT2D eigenvalue weighted by atomic mass is 9.52. The first-order chi connectivity index (χ1) is 11.0. The van der Waals surface area contributed by atoms with E-state index in [1.54, 1.807) is 25.3 Å². The molecule has 0 spiro atoms. The van der Waals surface area contributed by atoms with E-state index in [-0.39, 0.29) is 24.9 Å². The lowest BCUT2D eigenvalue weighted by molar-refractivity contribution is -0.270. The van der Waals surface area contributed by atoms with Gasteiger partial charge < -0.3 is 30.5 Å². The molecule has 2 aliphatic rings. The van der Waals surface area contributed by atoms with E-state index >= 15 is 0 Å². The van der Waals surface area contributed by atoms with Crippen molar-refractivity contribution in [2.45, 2.75) is 57.3 Å². The molecule has 1 fully saturated rings. The predicted molar refractivity (Wildman–Crippen MR) is 87.5 cm³/mol. The van der Waals surface area contributed by atoms with E-state index in [9.17, 15) is 20.1 Å². The van der Waals surface area contributed by atoms with Gasteiger partial charge in [0, 0.05) is 5.41 Å². The van der Waals surface area contributed by atoms with E-state index in [1.165, 1.54) is 6.33 Å². The van der Waals surface area contributed by atoms with Crippen LogP contribution >= 0.6 is 0 Å². The number of imidazole rings is 1. The van der Waals surface area contributed by atoms with Gasteiger partial charge >= 0.3 is 0 Å². The van der Waals surface area contributed by atoms with Crippen molar-refractivity contribution in [1.29, 1.82) is 0 Å². The van der Waals surface area contributed by atoms with Gasteiger partial charge in [0.15, 0.2) is 5.69 Å². The number of hydrogen-bond acceptors (Lipinski definition) is 6. The topological polar surface area (TPSA) is 120 Å². The van der Waals surface area contributed by atoms with Gasteiger partial charge in [0.05, 0.1) is 25.1 Å². The van der Waals surface area contributed by atoms with Gasteiger partial charge in [-0.25, -0.2) is 4.98 Å². The predicted octanol–water partition coefficient (Wildman–Crippen LogP) is 0.00550. The van der Waals surface area contributed by atoms with Crippen LogP contribution in [-0.2, 0) is 5.54 Å². The highest BCUT2D eigenvalue weighted by atomic mass is 16.4. The number of nitrogens with zero attached hydrogens (tertiary/aromatic N) is 2. The van der Waals surface area contributed by atoms with Gasteiger partial charge in [0.2, 0.25) is 0 Å². The lowest BCUT2D eigenvalue weighted by Gasteiger charge is -2.62. The summed E-state index contributed by atoms with van der Waals surface area (Å²) in [6.45, 7) is 6.81. The van der Waals surface area contributed by atoms with Gasteiger partial charge in [-0.15, -0.1) is 0 Å². The minimum Gasteiger partial charge on any atom is -0.396 e. The van der Waals surface area contributed by atoms with Crippen LogP contribution in [0, 0.1) is 5.41 Å². The maximum atomic E-state index is 12.0. The Balaban J connectivity index is 2.13. The molecule has 4 atom stereocenters. The van der Waals surface area contributed by atoms with Crippen LogP contribution in [-0.4, -0.2) is 55.3 Å². The van der Waals surface area contributed by atoms with Crippen LogP contribution < -0.4 is 10.6 Å². The molecule has 0 saturated heterocycles. The fraction of sp³-hybridized carbons (Fsp3) is 0.750. The van der Waals surface area contributed by atoms with Crippen LogP contribution in [0.5, 0.6) is 0 Å². The minimum atomic E-state index is -1.57. The van der Waals surface area contributed by atoms with Crippen LogP contribution in [0.25, 0.3) is 0 Å². The molecule has 1 saturated carbocycles. The van der Waals surface area contributed by atoms with E-state index in [0.29, 0.717) is 18.7 Å². The highest BCUT2D eigenvalue weighted by Gasteiger charge is 2.66. The summed E-state index contributed by atoms with van der Waals surface area (Å²) < 4.78 is 1.74. The summed E-state index contributed by atoms with van der Waals surface area (Å²) in [5.41, 5.74) is -4.58. The number of rotatable bonds is 2. The summed E-state index contributed by atoms with van der Waals surface area (Å²) in [7, 11) is 0. The third-order valence-corrected chi connectivity index (χ3v) is 6.70. The van der Waals surface area contributed by atoms with Gasteiger partial charge in [-0.1, -0.05) is 6.92 Å². The maximum absolute atomic E-state index is 12.0. The summed E-state index contributed by atoms with van der Waals surface area (Å²) in [5, 5.41) is 38.1. The fourth-order valence-corrected chi connectivity index (χ4v) is 4.06. The van der Waals surface area contributed by atoms with Crippen molar-refractivity contribution in [1.82, 2.24) is 14.9 Å². The van der Waals surface area contributed by atoms with Crippen molar-refractivity contribution in [3.63, 3.8) is 0 Å². The zero-order valence-electron chi connectivity index (χ0n) is 14.6. The molecule has 5 N–H and O–H groups in total. The molecule has 1 unspecified atom stereocenters. The van der Waals surface area contributed by atoms with Gasteiger partial charge in [0.1, 0.15) is 17.0 Å². The summed E-state index contributed by atoms with van der Waals surface area (Å²) in [5.74, 6) is 0.262. The number of aliphatic hydroxyl groups is 3. The molecule has 8 nitrogen and oxygen atoms in total. The first-order valence-electron chi connectivity index (χ1n) is 8.17. The van der Waals surface area contributed by atoms with Crippen LogP contribution in [0.1, 0.15) is 51.0 Å². The van der Waals surface area contributed by atoms with Crippen LogP contribution in [0.15, 0.2) is 6.33 Å². The molecule has 24 heavy (non-hydrogen) atoms. The quantitative estimate of drug-likeness (QED) is 0.518. The number of aliphatic hydroxyl groups excluding tert-OH is 1. The van der Waals surface area contributed by atoms with Crippen molar-refractivity contribution in [3.8, 4) is 0 Å². The minimum absolute atomic E-state index is 0.227. The third-order valence-electron chi connectivity index (χ3n) is 6.70. The maximum Gasteiger partial charge on any atom is 0.275 e. The lowest BCUT2D eigenvalue weighted by Crippen LogP contribution is -2.73. The van der Waals surface area contributed by atoms with E-state index < -0.39 is 22.2 Å². The fourth-order valence-electron chi connectivity index (χ4n) is 4.06. The summed E-state index contributed by atoms with van der Waals surface area (Å²) in [6.07, 6.45) is 2.55. The Hall–Kier alpha value is -1.64. The standard InChI is InChI=1S/C16H26N4O4/c1-13(7-21)5-6-14(2,16(4,24)15(13,3)23)20-9-19-10-11(20)17-8-18-12(10)22/h9,17,21,23-24H,5-8H2,1-4H3,(H,18,22)/t13-,14-,15+,16?/m1/s1. The van der Waals surface area contributed by atoms with Crippen molar-refractivity contribution in [2.75, 3.05) is 18.6 Å². The molecule has 1 aliphatic carbocycles. The SMILES string of the molecule is CC1(O)[C@](C)(n2cnc3c2NCNC3=O)CC[C@](C)(CO)[C@]1(C)O. The molecular formula is C16H26N4O4. The van der Waals surface area contributed by atoms with Crippen molar-refractivity contribution < 1.29 is 20.1 Å². The number of carbonyl (C=O) groups excluding carboxylic acids is 1. The summed E-state index contributed by atoms with van der Waals surface area (Å²) in [4.78, 5) is 16.1. The smallest absolute Gasteiger partial charge is 0.275 e. The summed E-state index contributed by atoms with van der Waals surface area (Å²) in [6, 6.07) is 0. The molecule has 0 aromatic carbocycles. The highest BCUT2D eigenvalue weighted by Crippen LogP contribution is 2.56. The Kier molecular flexibility index (Phi) is 3.53. The van der Waals surface area contributed by atoms with Gasteiger partial charge in [-0.2, -0.15) is 0 Å². The van der Waals surface area contributed by atoms with Gasteiger partial charge in [-0.05, 0) is 33.6 Å². The largest absolute Gasteiger partial charge is 0.396 e. The number of aromatic nitrogens is 2.